The van der Waals surface area contributed by atoms with Crippen molar-refractivity contribution in [3.63, 3.8) is 0 Å². The van der Waals surface area contributed by atoms with E-state index >= 15 is 0 Å². The first-order valence-electron chi connectivity index (χ1n) is 46.1. The number of carboxylic acids is 4. The van der Waals surface area contributed by atoms with Crippen LogP contribution in [0.4, 0.5) is 27.1 Å². The molecule has 8 saturated heterocycles. The lowest BCUT2D eigenvalue weighted by molar-refractivity contribution is -0.137. The van der Waals surface area contributed by atoms with Crippen LogP contribution in [0.25, 0.3) is 0 Å². The number of anilines is 4. The number of aromatic carboxylic acids is 4. The van der Waals surface area contributed by atoms with Gasteiger partial charge in [-0.2, -0.15) is 0 Å². The van der Waals surface area contributed by atoms with E-state index in [1.165, 1.54) is 82.8 Å². The highest BCUT2D eigenvalue weighted by atomic mass is 35.5. The molecule has 137 heavy (non-hydrogen) atoms. The molecule has 29 nitrogen and oxygen atoms in total. The summed E-state index contributed by atoms with van der Waals surface area (Å²) in [7, 11) is 3.07. The van der Waals surface area contributed by atoms with E-state index in [-0.39, 0.29) is 109 Å². The summed E-state index contributed by atoms with van der Waals surface area (Å²) in [5.41, 5.74) is 10.1. The number of rotatable bonds is 25. The third-order valence-corrected chi connectivity index (χ3v) is 28.7. The molecule has 0 bridgehead atoms. The quantitative estimate of drug-likeness (QED) is 0.0279. The van der Waals surface area contributed by atoms with Gasteiger partial charge in [0, 0.05) is 194 Å². The van der Waals surface area contributed by atoms with E-state index in [1.54, 1.807) is 44.8 Å². The van der Waals surface area contributed by atoms with Crippen molar-refractivity contribution in [2.24, 2.45) is 0 Å². The summed E-state index contributed by atoms with van der Waals surface area (Å²) in [6, 6.07) is 40.0. The first-order valence-corrected chi connectivity index (χ1v) is 48.0. The molecule has 4 atom stereocenters. The Balaban J connectivity index is 0.000000191. The molecular weight excluding hydrogens is 1860 g/mol. The second-order valence-electron chi connectivity index (χ2n) is 36.3. The van der Waals surface area contributed by atoms with Crippen LogP contribution in [-0.4, -0.2) is 246 Å². The predicted molar refractivity (Wildman–Crippen MR) is 528 cm³/mol. The monoisotopic (exact) mass is 1980 g/mol. The molecule has 16 rings (SSSR count). The summed E-state index contributed by atoms with van der Waals surface area (Å²) in [4.78, 5) is 166. The van der Waals surface area contributed by atoms with Crippen LogP contribution in [0.5, 0.6) is 5.75 Å². The van der Waals surface area contributed by atoms with E-state index in [0.717, 1.165) is 184 Å². The number of hydrogen-bond donors (Lipinski definition) is 7. The Morgan fingerprint density at radius 1 is 0.372 bits per heavy atom. The van der Waals surface area contributed by atoms with Crippen LogP contribution in [0.15, 0.2) is 152 Å². The Morgan fingerprint density at radius 2 is 0.672 bits per heavy atom. The van der Waals surface area contributed by atoms with E-state index in [0.29, 0.717) is 67.8 Å². The highest BCUT2D eigenvalue weighted by molar-refractivity contribution is 6.32. The van der Waals surface area contributed by atoms with Gasteiger partial charge in [-0.15, -0.1) is 0 Å². The van der Waals surface area contributed by atoms with Gasteiger partial charge in [0.2, 0.25) is 47.3 Å². The van der Waals surface area contributed by atoms with Crippen molar-refractivity contribution in [3.05, 3.63) is 249 Å². The number of benzene rings is 8. The lowest BCUT2D eigenvalue weighted by Gasteiger charge is -2.39. The summed E-state index contributed by atoms with van der Waals surface area (Å²) >= 11 is 30.5. The second-order valence-corrected chi connectivity index (χ2v) is 38.4. The lowest BCUT2D eigenvalue weighted by atomic mass is 10.0. The highest BCUT2D eigenvalue weighted by Crippen LogP contribution is 2.37. The molecule has 8 aliphatic rings. The third-order valence-electron chi connectivity index (χ3n) is 26.8. The number of halogens is 6. The SMILES string of the molecule is COc1cc(NC(=O)[C@H]2CCC(=O)N2C2CCN(Cc3ccc(Cl)c(C)c3)CC2)cc(C(=O)O)c1.Cc1cc(CN2CCC(N3C(=O)CC[C@@H]3C(=O)N(C)c3cccc(C(=O)O)c3)CC2)ccc1Cl.Cc1cc(CN2CCC(N3C(=O)CC[C@@H]3C(=O)Nc3cc(Cl)cc(C(=O)O)c3)CC2)ccc1Cl.Cc1cc(CN2CCC(N3C(=O)CC[C@@H]3C(=O)Nc3cc(F)cc(C(=O)O)c3)CC2)ccc1Cl.[HH].[HH].[HH]. The van der Waals surface area contributed by atoms with Crippen LogP contribution in [0.1, 0.15) is 193 Å². The number of carboxylic acid groups (broad SMARTS) is 4. The van der Waals surface area contributed by atoms with Gasteiger partial charge in [-0.3, -0.25) is 58.0 Å². The van der Waals surface area contributed by atoms with Crippen LogP contribution >= 0.6 is 58.0 Å². The normalized spacial score (nSPS) is 19.4. The maximum atomic E-state index is 13.8. The van der Waals surface area contributed by atoms with E-state index in [9.17, 15) is 77.2 Å². The van der Waals surface area contributed by atoms with Gasteiger partial charge in [0.1, 0.15) is 35.7 Å². The number of aryl methyl sites for hydroxylation is 4. The molecule has 0 aromatic heterocycles. The smallest absolute Gasteiger partial charge is 0.335 e. The number of piperidine rings is 4. The van der Waals surface area contributed by atoms with Gasteiger partial charge in [0.05, 0.1) is 29.4 Å². The van der Waals surface area contributed by atoms with Gasteiger partial charge in [-0.1, -0.05) is 113 Å². The summed E-state index contributed by atoms with van der Waals surface area (Å²) in [6.45, 7) is 17.9. The number of likely N-dealkylation sites (tertiary alicyclic amines) is 8. The Hall–Kier alpha value is -11.6. The minimum absolute atomic E-state index is 0. The van der Waals surface area contributed by atoms with E-state index in [4.69, 9.17) is 67.8 Å². The molecule has 0 unspecified atom stereocenters. The zero-order valence-electron chi connectivity index (χ0n) is 77.2. The van der Waals surface area contributed by atoms with Gasteiger partial charge in [-0.25, -0.2) is 23.6 Å². The van der Waals surface area contributed by atoms with Gasteiger partial charge in [0.15, 0.2) is 0 Å². The molecular formula is C102H120Cl5FN12O17. The average molecular weight is 1980 g/mol. The standard InChI is InChI=1S/C26H30ClN3O5.C26H30ClN3O4.C25H27Cl2N3O4.C25H27ClFN3O4.3H2/c1-16-11-17(3-4-22(16)27)15-29-9-7-20(8-10-29)30-23(5-6-24(30)31)25(32)28-19-12-18(26(33)34)13-21(14-19)35-2;1-17-14-18(6-7-22(17)27)16-29-12-10-20(11-13-29)30-23(8-9-24(30)31)25(32)28(2)21-5-3-4-19(15-21)26(33)34;1-15-10-16(2-3-21(15)27)14-29-8-6-20(7-9-29)30-22(4-5-23(30)31)24(32)28-19-12-17(25(33)34)11-18(26)13-19;1-15-10-16(2-3-21(15)26)14-29-8-6-20(7-9-29)30-22(4-5-23(30)31)24(32)28-19-12-17(25(33)34)11-18(27)13-19;;;/h3-4,11-14,20,23H,5-10,15H2,1-2H3,(H,28,32)(H,33,34);3-7,14-15,20,23H,8-13,16H2,1-2H3,(H,33,34);2*2-3,10-13,20,22H,4-9,14H2,1H3,(H,28,32)(H,33,34);3*1H/t2*23-;2*22-;;;/m1111.../s1. The fourth-order valence-electron chi connectivity index (χ4n) is 19.7. The predicted octanol–water partition coefficient (Wildman–Crippen LogP) is 17.3. The highest BCUT2D eigenvalue weighted by Gasteiger charge is 2.47. The van der Waals surface area contributed by atoms with E-state index < -0.39 is 59.8 Å². The van der Waals surface area contributed by atoms with Crippen molar-refractivity contribution in [2.75, 3.05) is 87.4 Å². The number of methoxy groups -OCH3 is 1. The number of ether oxygens (including phenoxy) is 1. The van der Waals surface area contributed by atoms with Crippen molar-refractivity contribution < 1.29 is 91.4 Å². The Kier molecular flexibility index (Phi) is 35.1. The number of carbonyl (C=O) groups excluding carboxylic acids is 8. The van der Waals surface area contributed by atoms with Crippen molar-refractivity contribution in [1.82, 2.24) is 39.2 Å². The fourth-order valence-corrected chi connectivity index (χ4v) is 20.4. The summed E-state index contributed by atoms with van der Waals surface area (Å²) in [6.07, 6.45) is 9.41. The molecule has 8 aromatic carbocycles. The molecule has 8 heterocycles. The molecule has 0 aliphatic carbocycles. The fraction of sp³-hybridized carbons (Fsp3) is 0.412. The van der Waals surface area contributed by atoms with Crippen LogP contribution in [0.2, 0.25) is 25.1 Å². The van der Waals surface area contributed by atoms with Gasteiger partial charge < -0.3 is 65.6 Å². The Labute approximate surface area is 824 Å². The van der Waals surface area contributed by atoms with Crippen molar-refractivity contribution >= 4 is 152 Å². The number of nitrogens with one attached hydrogen (secondary N) is 3. The molecule has 0 spiro atoms. The van der Waals surface area contributed by atoms with Crippen LogP contribution in [0, 0.1) is 33.5 Å². The summed E-state index contributed by atoms with van der Waals surface area (Å²) < 4.78 is 19.0. The largest absolute Gasteiger partial charge is 0.497 e. The molecule has 732 valence electrons. The van der Waals surface area contributed by atoms with Crippen molar-refractivity contribution in [3.8, 4) is 5.75 Å². The number of hydrogen-bond acceptors (Lipinski definition) is 17. The third kappa shape index (κ3) is 26.7. The Bertz CT molecular complexity index is 5710. The molecule has 0 radical (unpaired) electrons. The first kappa shape index (κ1) is 103. The zero-order chi connectivity index (χ0) is 98.3. The van der Waals surface area contributed by atoms with Crippen molar-refractivity contribution in [1.29, 1.82) is 0 Å². The number of nitrogens with zero attached hydrogens (tertiary/aromatic N) is 9. The molecule has 7 N–H and O–H groups in total. The van der Waals surface area contributed by atoms with Gasteiger partial charge in [-0.05, 0) is 240 Å². The summed E-state index contributed by atoms with van der Waals surface area (Å²) in [5, 5.41) is 48.4. The number of amides is 8. The van der Waals surface area contributed by atoms with Crippen LogP contribution < -0.4 is 25.6 Å². The average Bonchev–Trinajstić information content (AvgIpc) is 1.66. The number of likely N-dealkylation sites (N-methyl/N-ethyl adjacent to an activating group) is 1. The maximum absolute atomic E-state index is 13.8. The van der Waals surface area contributed by atoms with Crippen molar-refractivity contribution in [2.45, 2.75) is 205 Å². The summed E-state index contributed by atoms with van der Waals surface area (Å²) in [5.74, 6) is -6.25. The molecule has 0 saturated carbocycles. The van der Waals surface area contributed by atoms with Gasteiger partial charge in [0.25, 0.3) is 0 Å². The van der Waals surface area contributed by atoms with E-state index in [2.05, 4.69) is 65.9 Å². The first-order chi connectivity index (χ1) is 65.4. The topological polar surface area (TPSA) is 360 Å². The minimum atomic E-state index is -1.28. The molecule has 8 aliphatic heterocycles. The molecule has 8 aromatic rings. The van der Waals surface area contributed by atoms with E-state index in [1.807, 2.05) is 70.2 Å². The molecule has 8 amide bonds. The molecule has 35 heteroatoms. The Morgan fingerprint density at radius 3 is 0.993 bits per heavy atom. The van der Waals surface area contributed by atoms with Crippen LogP contribution in [0.3, 0.4) is 0 Å². The lowest BCUT2D eigenvalue weighted by Crippen LogP contribution is -2.53. The maximum Gasteiger partial charge on any atom is 0.335 e. The van der Waals surface area contributed by atoms with Crippen LogP contribution in [-0.2, 0) is 64.5 Å². The number of carbonyl (C=O) groups is 12. The second kappa shape index (κ2) is 46.7. The zero-order valence-corrected chi connectivity index (χ0v) is 81.0. The molecule has 8 fully saturated rings. The minimum Gasteiger partial charge on any atom is -0.497 e. The van der Waals surface area contributed by atoms with Gasteiger partial charge >= 0.3 is 23.9 Å².